The van der Waals surface area contributed by atoms with Crippen molar-refractivity contribution in [2.75, 3.05) is 22.4 Å². The van der Waals surface area contributed by atoms with Crippen molar-refractivity contribution in [1.29, 1.82) is 0 Å². The van der Waals surface area contributed by atoms with Crippen molar-refractivity contribution in [3.63, 3.8) is 0 Å². The Bertz CT molecular complexity index is 832. The summed E-state index contributed by atoms with van der Waals surface area (Å²) in [5, 5.41) is 6.15. The summed E-state index contributed by atoms with van der Waals surface area (Å²) in [5.74, 6) is -1.07. The molecular formula is C14H16FN3O4S. The van der Waals surface area contributed by atoms with E-state index < -0.39 is 28.3 Å². The molecule has 0 unspecified atom stereocenters. The summed E-state index contributed by atoms with van der Waals surface area (Å²) in [4.78, 5) is 12.1. The van der Waals surface area contributed by atoms with E-state index in [1.54, 1.807) is 13.8 Å². The molecule has 1 N–H and O–H groups in total. The normalized spacial score (nSPS) is 11.3. The van der Waals surface area contributed by atoms with Gasteiger partial charge in [0.2, 0.25) is 21.8 Å². The number of benzene rings is 1. The van der Waals surface area contributed by atoms with Crippen molar-refractivity contribution in [3.8, 4) is 0 Å². The molecule has 1 amide bonds. The predicted octanol–water partition coefficient (Wildman–Crippen LogP) is 1.84. The molecule has 7 nitrogen and oxygen atoms in total. The Labute approximate surface area is 133 Å². The molecule has 1 heterocycles. The number of carbonyl (C=O) groups excluding carboxylic acids is 1. The Morgan fingerprint density at radius 1 is 1.39 bits per heavy atom. The van der Waals surface area contributed by atoms with Crippen LogP contribution in [0.4, 0.5) is 16.0 Å². The van der Waals surface area contributed by atoms with Crippen LogP contribution in [0.15, 0.2) is 28.8 Å². The fourth-order valence-corrected chi connectivity index (χ4v) is 2.71. The molecule has 0 bridgehead atoms. The van der Waals surface area contributed by atoms with Crippen LogP contribution in [-0.2, 0) is 14.8 Å². The second-order valence-electron chi connectivity index (χ2n) is 5.02. The number of hydrogen-bond donors (Lipinski definition) is 1. The molecule has 9 heteroatoms. The van der Waals surface area contributed by atoms with Gasteiger partial charge >= 0.3 is 0 Å². The summed E-state index contributed by atoms with van der Waals surface area (Å²) in [6.07, 6.45) is 0.940. The number of nitrogens with one attached hydrogen (secondary N) is 1. The van der Waals surface area contributed by atoms with E-state index in [9.17, 15) is 17.6 Å². The number of nitrogens with zero attached hydrogens (tertiary/aromatic N) is 2. The smallest absolute Gasteiger partial charge is 0.247 e. The molecule has 0 radical (unpaired) electrons. The van der Waals surface area contributed by atoms with Gasteiger partial charge in [0.15, 0.2) is 0 Å². The van der Waals surface area contributed by atoms with E-state index in [0.29, 0.717) is 11.3 Å². The van der Waals surface area contributed by atoms with Gasteiger partial charge in [-0.05, 0) is 32.0 Å². The molecule has 2 rings (SSSR count). The van der Waals surface area contributed by atoms with E-state index in [1.165, 1.54) is 18.2 Å². The van der Waals surface area contributed by atoms with Crippen LogP contribution in [0, 0.1) is 19.7 Å². The van der Waals surface area contributed by atoms with Gasteiger partial charge in [-0.15, -0.1) is 0 Å². The molecule has 0 fully saturated rings. The zero-order valence-corrected chi connectivity index (χ0v) is 13.6. The van der Waals surface area contributed by atoms with Crippen molar-refractivity contribution in [2.45, 2.75) is 13.8 Å². The van der Waals surface area contributed by atoms with E-state index in [1.807, 2.05) is 0 Å². The van der Waals surface area contributed by atoms with Crippen LogP contribution in [-0.4, -0.2) is 32.3 Å². The van der Waals surface area contributed by atoms with Crippen molar-refractivity contribution >= 4 is 27.5 Å². The Hall–Kier alpha value is -2.42. The van der Waals surface area contributed by atoms with Crippen LogP contribution in [0.3, 0.4) is 0 Å². The summed E-state index contributed by atoms with van der Waals surface area (Å²) in [5.41, 5.74) is 1.33. The van der Waals surface area contributed by atoms with Crippen LogP contribution in [0.1, 0.15) is 11.3 Å². The lowest BCUT2D eigenvalue weighted by Gasteiger charge is -2.21. The predicted molar refractivity (Wildman–Crippen MR) is 83.2 cm³/mol. The number of amides is 1. The number of carbonyl (C=O) groups is 1. The highest BCUT2D eigenvalue weighted by Gasteiger charge is 2.22. The summed E-state index contributed by atoms with van der Waals surface area (Å²) in [7, 11) is -3.77. The number of sulfonamides is 1. The van der Waals surface area contributed by atoms with Gasteiger partial charge < -0.3 is 4.52 Å². The Balaban J connectivity index is 2.22. The van der Waals surface area contributed by atoms with Gasteiger partial charge in [0, 0.05) is 5.56 Å². The topological polar surface area (TPSA) is 92.5 Å². The first-order valence-corrected chi connectivity index (χ1v) is 8.49. The molecule has 0 saturated carbocycles. The first-order chi connectivity index (χ1) is 10.7. The maximum atomic E-state index is 13.3. The molecule has 23 heavy (non-hydrogen) atoms. The first kappa shape index (κ1) is 16.9. The average molecular weight is 341 g/mol. The van der Waals surface area contributed by atoms with Crippen LogP contribution in [0.5, 0.6) is 0 Å². The first-order valence-electron chi connectivity index (χ1n) is 6.64. The van der Waals surface area contributed by atoms with Crippen LogP contribution < -0.4 is 9.62 Å². The lowest BCUT2D eigenvalue weighted by molar-refractivity contribution is -0.114. The number of halogens is 1. The van der Waals surface area contributed by atoms with E-state index >= 15 is 0 Å². The second-order valence-corrected chi connectivity index (χ2v) is 6.93. The molecule has 124 valence electrons. The molecule has 1 aromatic heterocycles. The number of hydrogen-bond acceptors (Lipinski definition) is 5. The molecule has 0 aliphatic carbocycles. The third kappa shape index (κ3) is 4.07. The molecular weight excluding hydrogens is 325 g/mol. The highest BCUT2D eigenvalue weighted by Crippen LogP contribution is 2.20. The summed E-state index contributed by atoms with van der Waals surface area (Å²) in [6.45, 7) is 2.91. The number of anilines is 2. The lowest BCUT2D eigenvalue weighted by Crippen LogP contribution is -2.37. The number of aryl methyl sites for hydroxylation is 1. The molecule has 1 aromatic carbocycles. The van der Waals surface area contributed by atoms with Gasteiger partial charge in [0.25, 0.3) is 0 Å². The third-order valence-electron chi connectivity index (χ3n) is 3.19. The molecule has 2 aromatic rings. The molecule has 0 saturated heterocycles. The van der Waals surface area contributed by atoms with Crippen molar-refractivity contribution < 1.29 is 22.1 Å². The Morgan fingerprint density at radius 3 is 2.61 bits per heavy atom. The van der Waals surface area contributed by atoms with Crippen molar-refractivity contribution in [3.05, 3.63) is 41.3 Å². The zero-order chi connectivity index (χ0) is 17.2. The Morgan fingerprint density at radius 2 is 2.09 bits per heavy atom. The molecule has 0 atom stereocenters. The summed E-state index contributed by atoms with van der Waals surface area (Å²) >= 11 is 0. The van der Waals surface area contributed by atoms with Crippen LogP contribution in [0.2, 0.25) is 0 Å². The molecule has 0 aliphatic rings. The summed E-state index contributed by atoms with van der Waals surface area (Å²) < 4.78 is 42.8. The second kappa shape index (κ2) is 6.37. The molecule has 0 aliphatic heterocycles. The fourth-order valence-electron chi connectivity index (χ4n) is 1.86. The van der Waals surface area contributed by atoms with Crippen LogP contribution in [0.25, 0.3) is 0 Å². The molecule has 0 spiro atoms. The highest BCUT2D eigenvalue weighted by atomic mass is 32.2. The van der Waals surface area contributed by atoms with Gasteiger partial charge in [0.05, 0.1) is 17.6 Å². The number of aromatic nitrogens is 1. The van der Waals surface area contributed by atoms with Crippen molar-refractivity contribution in [1.82, 2.24) is 5.16 Å². The minimum absolute atomic E-state index is 0.0631. The van der Waals surface area contributed by atoms with E-state index in [0.717, 1.165) is 16.6 Å². The standard InChI is InChI=1S/C14H16FN3O4S/c1-9-10(2)17-22-14(9)16-13(19)8-18(23(3,20)21)12-6-4-5-11(15)7-12/h4-7H,8H2,1-3H3,(H,16,19). The zero-order valence-electron chi connectivity index (χ0n) is 12.8. The number of rotatable bonds is 5. The monoisotopic (exact) mass is 341 g/mol. The minimum Gasteiger partial charge on any atom is -0.338 e. The minimum atomic E-state index is -3.77. The highest BCUT2D eigenvalue weighted by molar-refractivity contribution is 7.92. The SMILES string of the molecule is Cc1noc(NC(=O)CN(c2cccc(F)c2)S(C)(=O)=O)c1C. The van der Waals surface area contributed by atoms with E-state index in [-0.39, 0.29) is 11.6 Å². The quantitative estimate of drug-likeness (QED) is 0.896. The van der Waals surface area contributed by atoms with Gasteiger partial charge in [0.1, 0.15) is 12.4 Å². The summed E-state index contributed by atoms with van der Waals surface area (Å²) in [6, 6.07) is 4.99. The van der Waals surface area contributed by atoms with Gasteiger partial charge in [-0.25, -0.2) is 12.8 Å². The van der Waals surface area contributed by atoms with Crippen LogP contribution >= 0.6 is 0 Å². The fraction of sp³-hybridized carbons (Fsp3) is 0.286. The maximum Gasteiger partial charge on any atom is 0.247 e. The van der Waals surface area contributed by atoms with E-state index in [2.05, 4.69) is 10.5 Å². The van der Waals surface area contributed by atoms with Gasteiger partial charge in [-0.2, -0.15) is 0 Å². The van der Waals surface area contributed by atoms with E-state index in [4.69, 9.17) is 4.52 Å². The van der Waals surface area contributed by atoms with Gasteiger partial charge in [-0.3, -0.25) is 14.4 Å². The average Bonchev–Trinajstić information content (AvgIpc) is 2.75. The lowest BCUT2D eigenvalue weighted by atomic mass is 10.3. The maximum absolute atomic E-state index is 13.3. The van der Waals surface area contributed by atoms with Crippen molar-refractivity contribution in [2.24, 2.45) is 0 Å². The largest absolute Gasteiger partial charge is 0.338 e. The third-order valence-corrected chi connectivity index (χ3v) is 4.33. The van der Waals surface area contributed by atoms with Gasteiger partial charge in [-0.1, -0.05) is 11.2 Å². The Kier molecular flexibility index (Phi) is 4.69.